The molecule has 0 amide bonds. The number of carbonyl (C=O) groups is 1. The maximum Gasteiger partial charge on any atom is 0.133 e. The van der Waals surface area contributed by atoms with Crippen molar-refractivity contribution < 1.29 is 9.53 Å². The lowest BCUT2D eigenvalue weighted by molar-refractivity contribution is -0.119. The third-order valence-corrected chi connectivity index (χ3v) is 3.06. The van der Waals surface area contributed by atoms with Crippen molar-refractivity contribution in [1.29, 1.82) is 0 Å². The van der Waals surface area contributed by atoms with Crippen molar-refractivity contribution in [2.24, 2.45) is 0 Å². The van der Waals surface area contributed by atoms with E-state index >= 15 is 0 Å². The molecule has 1 aliphatic rings. The molecule has 1 aliphatic carbocycles. The summed E-state index contributed by atoms with van der Waals surface area (Å²) >= 11 is 0. The van der Waals surface area contributed by atoms with Crippen LogP contribution in [0.5, 0.6) is 0 Å². The number of carbonyl (C=O) groups excluding carboxylic acids is 1. The highest BCUT2D eigenvalue weighted by atomic mass is 16.5. The average molecular weight is 218 g/mol. The Bertz CT molecular complexity index is 332. The maximum absolute atomic E-state index is 11.2. The van der Waals surface area contributed by atoms with Gasteiger partial charge >= 0.3 is 0 Å². The second-order valence-corrected chi connectivity index (χ2v) is 4.39. The molecule has 1 fully saturated rings. The molecule has 1 aromatic rings. The standard InChI is InChI=1S/C14H18O2/c15-13-7-4-8-14(10-9-13)16-11-12-5-2-1-3-6-12/h1-3,5-6,14H,4,7-11H2/t14-/m1/s1. The summed E-state index contributed by atoms with van der Waals surface area (Å²) in [5.74, 6) is 0.394. The molecule has 86 valence electrons. The Morgan fingerprint density at radius 1 is 1.12 bits per heavy atom. The largest absolute Gasteiger partial charge is 0.374 e. The minimum atomic E-state index is 0.270. The van der Waals surface area contributed by atoms with Gasteiger partial charge in [0.2, 0.25) is 0 Å². The molecule has 2 rings (SSSR count). The van der Waals surface area contributed by atoms with Crippen LogP contribution in [0.4, 0.5) is 0 Å². The molecule has 0 bridgehead atoms. The van der Waals surface area contributed by atoms with Gasteiger partial charge in [0.15, 0.2) is 0 Å². The summed E-state index contributed by atoms with van der Waals surface area (Å²) in [5, 5.41) is 0. The summed E-state index contributed by atoms with van der Waals surface area (Å²) < 4.78 is 5.85. The number of ether oxygens (including phenoxy) is 1. The van der Waals surface area contributed by atoms with Crippen molar-refractivity contribution >= 4 is 5.78 Å². The van der Waals surface area contributed by atoms with Crippen molar-refractivity contribution in [2.45, 2.75) is 44.8 Å². The zero-order valence-electron chi connectivity index (χ0n) is 9.52. The van der Waals surface area contributed by atoms with Crippen LogP contribution in [0.1, 0.15) is 37.7 Å². The lowest BCUT2D eigenvalue weighted by atomic mass is 10.1. The number of rotatable bonds is 3. The topological polar surface area (TPSA) is 26.3 Å². The van der Waals surface area contributed by atoms with Gasteiger partial charge in [0.1, 0.15) is 5.78 Å². The predicted molar refractivity (Wildman–Crippen MR) is 63.1 cm³/mol. The Morgan fingerprint density at radius 2 is 1.94 bits per heavy atom. The average Bonchev–Trinajstić information content (AvgIpc) is 2.53. The van der Waals surface area contributed by atoms with Crippen LogP contribution in [0, 0.1) is 0 Å². The Morgan fingerprint density at radius 3 is 2.75 bits per heavy atom. The lowest BCUT2D eigenvalue weighted by Gasteiger charge is -2.14. The molecule has 0 spiro atoms. The summed E-state index contributed by atoms with van der Waals surface area (Å²) in [5.41, 5.74) is 1.21. The van der Waals surface area contributed by atoms with Gasteiger partial charge in [0, 0.05) is 12.8 Å². The van der Waals surface area contributed by atoms with Gasteiger partial charge in [0.25, 0.3) is 0 Å². The first-order chi connectivity index (χ1) is 7.84. The summed E-state index contributed by atoms with van der Waals surface area (Å²) in [7, 11) is 0. The predicted octanol–water partition coefficient (Wildman–Crippen LogP) is 3.11. The smallest absolute Gasteiger partial charge is 0.133 e. The zero-order chi connectivity index (χ0) is 11.2. The fourth-order valence-electron chi connectivity index (χ4n) is 2.07. The van der Waals surface area contributed by atoms with E-state index in [9.17, 15) is 4.79 Å². The Balaban J connectivity index is 1.79. The molecule has 1 atom stereocenters. The second kappa shape index (κ2) is 5.80. The molecule has 0 aromatic heterocycles. The highest BCUT2D eigenvalue weighted by Gasteiger charge is 2.16. The van der Waals surface area contributed by atoms with Crippen LogP contribution in [0.15, 0.2) is 30.3 Å². The summed E-state index contributed by atoms with van der Waals surface area (Å²) in [6, 6.07) is 10.2. The fourth-order valence-corrected chi connectivity index (χ4v) is 2.07. The number of Topliss-reactive ketones (excluding diaryl/α,β-unsaturated/α-hetero) is 1. The first kappa shape index (κ1) is 11.3. The molecule has 0 unspecified atom stereocenters. The van der Waals surface area contributed by atoms with E-state index in [0.29, 0.717) is 18.8 Å². The van der Waals surface area contributed by atoms with E-state index < -0.39 is 0 Å². The zero-order valence-corrected chi connectivity index (χ0v) is 9.52. The van der Waals surface area contributed by atoms with Gasteiger partial charge in [-0.15, -0.1) is 0 Å². The second-order valence-electron chi connectivity index (χ2n) is 4.39. The van der Waals surface area contributed by atoms with E-state index in [1.165, 1.54) is 5.56 Å². The molecule has 16 heavy (non-hydrogen) atoms. The van der Waals surface area contributed by atoms with Crippen LogP contribution in [0.3, 0.4) is 0 Å². The highest BCUT2D eigenvalue weighted by molar-refractivity contribution is 5.78. The van der Waals surface area contributed by atoms with Crippen molar-refractivity contribution in [3.63, 3.8) is 0 Å². The van der Waals surface area contributed by atoms with E-state index in [1.54, 1.807) is 0 Å². The van der Waals surface area contributed by atoms with Crippen molar-refractivity contribution in [1.82, 2.24) is 0 Å². The van der Waals surface area contributed by atoms with Crippen LogP contribution < -0.4 is 0 Å². The van der Waals surface area contributed by atoms with Gasteiger partial charge in [-0.2, -0.15) is 0 Å². The SMILES string of the molecule is O=C1CCC[C@@H](OCc2ccccc2)CC1. The van der Waals surface area contributed by atoms with Crippen LogP contribution in [0.2, 0.25) is 0 Å². The third-order valence-electron chi connectivity index (χ3n) is 3.06. The summed E-state index contributed by atoms with van der Waals surface area (Å²) in [6.07, 6.45) is 4.61. The molecule has 1 saturated carbocycles. The van der Waals surface area contributed by atoms with Crippen LogP contribution in [0.25, 0.3) is 0 Å². The minimum absolute atomic E-state index is 0.270. The van der Waals surface area contributed by atoms with E-state index in [1.807, 2.05) is 18.2 Å². The summed E-state index contributed by atoms with van der Waals surface area (Å²) in [4.78, 5) is 11.2. The normalized spacial score (nSPS) is 21.8. The quantitative estimate of drug-likeness (QED) is 0.729. The fraction of sp³-hybridized carbons (Fsp3) is 0.500. The molecule has 0 heterocycles. The van der Waals surface area contributed by atoms with Gasteiger partial charge in [-0.25, -0.2) is 0 Å². The van der Waals surface area contributed by atoms with E-state index in [2.05, 4.69) is 12.1 Å². The molecule has 0 saturated heterocycles. The van der Waals surface area contributed by atoms with Gasteiger partial charge in [-0.3, -0.25) is 4.79 Å². The van der Waals surface area contributed by atoms with Crippen LogP contribution in [-0.2, 0) is 16.1 Å². The third kappa shape index (κ3) is 3.46. The van der Waals surface area contributed by atoms with Gasteiger partial charge in [-0.1, -0.05) is 30.3 Å². The maximum atomic E-state index is 11.2. The summed E-state index contributed by atoms with van der Waals surface area (Å²) in [6.45, 7) is 0.666. The van der Waals surface area contributed by atoms with Crippen molar-refractivity contribution in [3.05, 3.63) is 35.9 Å². The molecule has 0 N–H and O–H groups in total. The molecule has 0 aliphatic heterocycles. The highest BCUT2D eigenvalue weighted by Crippen LogP contribution is 2.19. The Labute approximate surface area is 96.6 Å². The lowest BCUT2D eigenvalue weighted by Crippen LogP contribution is -2.11. The number of benzene rings is 1. The number of ketones is 1. The van der Waals surface area contributed by atoms with Crippen molar-refractivity contribution in [2.75, 3.05) is 0 Å². The van der Waals surface area contributed by atoms with E-state index in [-0.39, 0.29) is 6.10 Å². The van der Waals surface area contributed by atoms with Gasteiger partial charge < -0.3 is 4.74 Å². The van der Waals surface area contributed by atoms with E-state index in [0.717, 1.165) is 25.7 Å². The van der Waals surface area contributed by atoms with Gasteiger partial charge in [0.05, 0.1) is 12.7 Å². The molecule has 1 aromatic carbocycles. The van der Waals surface area contributed by atoms with Gasteiger partial charge in [-0.05, 0) is 24.8 Å². The molecular formula is C14H18O2. The monoisotopic (exact) mass is 218 g/mol. The molecule has 2 nitrogen and oxygen atoms in total. The number of hydrogen-bond donors (Lipinski definition) is 0. The van der Waals surface area contributed by atoms with Crippen LogP contribution in [-0.4, -0.2) is 11.9 Å². The first-order valence-electron chi connectivity index (χ1n) is 6.02. The molecule has 0 radical (unpaired) electrons. The van der Waals surface area contributed by atoms with Crippen molar-refractivity contribution in [3.8, 4) is 0 Å². The molecular weight excluding hydrogens is 200 g/mol. The number of hydrogen-bond acceptors (Lipinski definition) is 2. The molecule has 2 heteroatoms. The Kier molecular flexibility index (Phi) is 4.11. The van der Waals surface area contributed by atoms with Crippen LogP contribution >= 0.6 is 0 Å². The van der Waals surface area contributed by atoms with E-state index in [4.69, 9.17) is 4.74 Å². The Hall–Kier alpha value is -1.15. The first-order valence-corrected chi connectivity index (χ1v) is 6.02. The minimum Gasteiger partial charge on any atom is -0.374 e.